The highest BCUT2D eigenvalue weighted by molar-refractivity contribution is 5.73. The minimum atomic E-state index is -1.66. The SMILES string of the molecule is CCC1OC(=O)[C@H](C)C(OC2CC(C)(OC)CC(C)O2)CC[C@@](C)(O)C[C@H](C)CN(C)[C@H](C)[C@@H](O)[C@@]1(C)O. The number of carbonyl (C=O) groups is 1. The van der Waals surface area contributed by atoms with Crippen LogP contribution in [0.3, 0.4) is 0 Å². The average molecular weight is 546 g/mol. The van der Waals surface area contributed by atoms with Gasteiger partial charge in [0.1, 0.15) is 17.8 Å². The fourth-order valence-corrected chi connectivity index (χ4v) is 6.24. The molecular weight excluding hydrogens is 490 g/mol. The summed E-state index contributed by atoms with van der Waals surface area (Å²) in [7, 11) is 3.58. The zero-order valence-electron chi connectivity index (χ0n) is 25.4. The molecule has 11 atom stereocenters. The number of rotatable bonds is 4. The first-order valence-electron chi connectivity index (χ1n) is 14.3. The quantitative estimate of drug-likeness (QED) is 0.458. The van der Waals surface area contributed by atoms with Gasteiger partial charge in [0.25, 0.3) is 0 Å². The van der Waals surface area contributed by atoms with Crippen LogP contribution in [0.1, 0.15) is 93.9 Å². The third-order valence-corrected chi connectivity index (χ3v) is 8.84. The zero-order valence-corrected chi connectivity index (χ0v) is 25.4. The molecule has 2 aliphatic rings. The van der Waals surface area contributed by atoms with Crippen LogP contribution in [0.5, 0.6) is 0 Å². The molecule has 0 aromatic rings. The molecular formula is C29H55NO8. The summed E-state index contributed by atoms with van der Waals surface area (Å²) < 4.78 is 24.1. The van der Waals surface area contributed by atoms with E-state index in [9.17, 15) is 20.1 Å². The van der Waals surface area contributed by atoms with Gasteiger partial charge in [-0.25, -0.2) is 0 Å². The third-order valence-electron chi connectivity index (χ3n) is 8.84. The second kappa shape index (κ2) is 13.2. The first-order chi connectivity index (χ1) is 17.4. The van der Waals surface area contributed by atoms with Crippen LogP contribution in [0.4, 0.5) is 0 Å². The van der Waals surface area contributed by atoms with Crippen molar-refractivity contribution in [3.63, 3.8) is 0 Å². The summed E-state index contributed by atoms with van der Waals surface area (Å²) in [6.07, 6.45) is -0.308. The number of hydrogen-bond donors (Lipinski definition) is 3. The van der Waals surface area contributed by atoms with Crippen LogP contribution < -0.4 is 0 Å². The van der Waals surface area contributed by atoms with Gasteiger partial charge in [0.15, 0.2) is 6.29 Å². The molecule has 2 saturated heterocycles. The molecule has 2 fully saturated rings. The molecule has 0 aromatic carbocycles. The second-order valence-corrected chi connectivity index (χ2v) is 12.9. The van der Waals surface area contributed by atoms with Crippen molar-refractivity contribution in [2.75, 3.05) is 20.7 Å². The summed E-state index contributed by atoms with van der Waals surface area (Å²) in [5, 5.41) is 33.8. The summed E-state index contributed by atoms with van der Waals surface area (Å²) in [5.41, 5.74) is -3.05. The number of likely N-dealkylation sites (N-methyl/N-ethyl adjacent to an activating group) is 1. The van der Waals surface area contributed by atoms with Crippen LogP contribution in [0.25, 0.3) is 0 Å². The molecule has 0 spiro atoms. The van der Waals surface area contributed by atoms with Crippen LogP contribution in [-0.2, 0) is 23.7 Å². The van der Waals surface area contributed by atoms with E-state index < -0.39 is 59.3 Å². The molecule has 2 aliphatic heterocycles. The largest absolute Gasteiger partial charge is 0.459 e. The number of nitrogens with zero attached hydrogens (tertiary/aromatic N) is 1. The first-order valence-corrected chi connectivity index (χ1v) is 14.3. The van der Waals surface area contributed by atoms with E-state index in [2.05, 4.69) is 6.92 Å². The Kier molecular flexibility index (Phi) is 11.6. The molecule has 38 heavy (non-hydrogen) atoms. The second-order valence-electron chi connectivity index (χ2n) is 12.9. The lowest BCUT2D eigenvalue weighted by Gasteiger charge is -2.42. The molecule has 0 radical (unpaired) electrons. The van der Waals surface area contributed by atoms with Crippen molar-refractivity contribution in [3.8, 4) is 0 Å². The molecule has 9 heteroatoms. The van der Waals surface area contributed by atoms with Gasteiger partial charge < -0.3 is 39.2 Å². The lowest BCUT2D eigenvalue weighted by Crippen LogP contribution is -2.59. The van der Waals surface area contributed by atoms with E-state index in [-0.39, 0.29) is 12.0 Å². The lowest BCUT2D eigenvalue weighted by molar-refractivity contribution is -0.260. The van der Waals surface area contributed by atoms with E-state index in [4.69, 9.17) is 18.9 Å². The maximum Gasteiger partial charge on any atom is 0.311 e. The van der Waals surface area contributed by atoms with Crippen LogP contribution in [0.2, 0.25) is 0 Å². The third kappa shape index (κ3) is 8.59. The topological polar surface area (TPSA) is 118 Å². The molecule has 2 rings (SSSR count). The Bertz CT molecular complexity index is 761. The van der Waals surface area contributed by atoms with Crippen LogP contribution in [0, 0.1) is 11.8 Å². The summed E-state index contributed by atoms with van der Waals surface area (Å²) in [6, 6.07) is -0.399. The van der Waals surface area contributed by atoms with Gasteiger partial charge in [0, 0.05) is 32.5 Å². The van der Waals surface area contributed by atoms with Gasteiger partial charge in [0.05, 0.1) is 29.3 Å². The highest BCUT2D eigenvalue weighted by Gasteiger charge is 2.46. The van der Waals surface area contributed by atoms with Crippen molar-refractivity contribution in [2.24, 2.45) is 11.8 Å². The zero-order chi connectivity index (χ0) is 29.1. The fourth-order valence-electron chi connectivity index (χ4n) is 6.24. The molecule has 5 unspecified atom stereocenters. The minimum Gasteiger partial charge on any atom is -0.459 e. The van der Waals surface area contributed by atoms with E-state index in [0.29, 0.717) is 38.6 Å². The van der Waals surface area contributed by atoms with Gasteiger partial charge in [-0.05, 0) is 80.2 Å². The van der Waals surface area contributed by atoms with Crippen molar-refractivity contribution in [2.45, 2.75) is 147 Å². The molecule has 3 N–H and O–H groups in total. The normalized spacial score (nSPS) is 47.1. The van der Waals surface area contributed by atoms with Crippen molar-refractivity contribution < 1.29 is 39.1 Å². The van der Waals surface area contributed by atoms with E-state index in [1.54, 1.807) is 14.0 Å². The van der Waals surface area contributed by atoms with Gasteiger partial charge in [-0.15, -0.1) is 0 Å². The van der Waals surface area contributed by atoms with E-state index >= 15 is 0 Å². The fraction of sp³-hybridized carbons (Fsp3) is 0.966. The van der Waals surface area contributed by atoms with Gasteiger partial charge in [-0.1, -0.05) is 13.8 Å². The molecule has 0 aromatic heterocycles. The number of hydrogen-bond acceptors (Lipinski definition) is 9. The van der Waals surface area contributed by atoms with E-state index in [0.717, 1.165) is 6.42 Å². The number of carbonyl (C=O) groups excluding carboxylic acids is 1. The molecule has 224 valence electrons. The summed E-state index contributed by atoms with van der Waals surface area (Å²) in [5.74, 6) is -1.08. The van der Waals surface area contributed by atoms with Gasteiger partial charge in [-0.2, -0.15) is 0 Å². The lowest BCUT2D eigenvalue weighted by atomic mass is 9.85. The number of cyclic esters (lactones) is 1. The van der Waals surface area contributed by atoms with Crippen molar-refractivity contribution in [3.05, 3.63) is 0 Å². The van der Waals surface area contributed by atoms with Crippen molar-refractivity contribution in [1.82, 2.24) is 4.90 Å². The Morgan fingerprint density at radius 1 is 1.08 bits per heavy atom. The predicted molar refractivity (Wildman–Crippen MR) is 146 cm³/mol. The summed E-state index contributed by atoms with van der Waals surface area (Å²) >= 11 is 0. The van der Waals surface area contributed by atoms with Gasteiger partial charge in [-0.3, -0.25) is 4.79 Å². The van der Waals surface area contributed by atoms with Gasteiger partial charge in [0.2, 0.25) is 0 Å². The minimum absolute atomic E-state index is 0.0767. The smallest absolute Gasteiger partial charge is 0.311 e. The van der Waals surface area contributed by atoms with Crippen LogP contribution >= 0.6 is 0 Å². The summed E-state index contributed by atoms with van der Waals surface area (Å²) in [6.45, 7) is 15.5. The molecule has 2 heterocycles. The monoisotopic (exact) mass is 545 g/mol. The standard InChI is InChI=1S/C29H55NO8/c1-11-23-29(8,34)25(31)21(5)30(9)17-18(2)14-27(6,33)13-12-22(20(4)26(32)38-23)37-24-16-28(7,35-10)15-19(3)36-24/h18-25,31,33-34H,11-17H2,1-10H3/t18-,19?,20+,21+,22?,23?,24?,25+,27+,28?,29-/m0/s1. The number of aliphatic hydroxyl groups excluding tert-OH is 1. The number of methoxy groups -OCH3 is 1. The number of ether oxygens (including phenoxy) is 4. The molecule has 0 saturated carbocycles. The Morgan fingerprint density at radius 2 is 1.71 bits per heavy atom. The highest BCUT2D eigenvalue weighted by atomic mass is 16.7. The van der Waals surface area contributed by atoms with Crippen molar-refractivity contribution >= 4 is 5.97 Å². The molecule has 0 bridgehead atoms. The molecule has 9 nitrogen and oxygen atoms in total. The first kappa shape index (κ1) is 33.4. The van der Waals surface area contributed by atoms with Crippen LogP contribution in [0.15, 0.2) is 0 Å². The van der Waals surface area contributed by atoms with E-state index in [1.807, 2.05) is 46.6 Å². The maximum atomic E-state index is 13.4. The Hall–Kier alpha value is -0.810. The Balaban J connectivity index is 2.38. The summed E-state index contributed by atoms with van der Waals surface area (Å²) in [4.78, 5) is 15.4. The predicted octanol–water partition coefficient (Wildman–Crippen LogP) is 3.26. The maximum absolute atomic E-state index is 13.4. The molecule has 0 aliphatic carbocycles. The van der Waals surface area contributed by atoms with E-state index in [1.165, 1.54) is 6.92 Å². The number of aliphatic hydroxyl groups is 3. The van der Waals surface area contributed by atoms with Gasteiger partial charge >= 0.3 is 5.97 Å². The van der Waals surface area contributed by atoms with Crippen molar-refractivity contribution in [1.29, 1.82) is 0 Å². The Morgan fingerprint density at radius 3 is 2.29 bits per heavy atom. The highest BCUT2D eigenvalue weighted by Crippen LogP contribution is 2.35. The number of esters is 1. The van der Waals surface area contributed by atoms with Crippen LogP contribution in [-0.4, -0.2) is 100 Å². The Labute approximate surface area is 230 Å². The molecule has 0 amide bonds. The average Bonchev–Trinajstić information content (AvgIpc) is 2.81.